The summed E-state index contributed by atoms with van der Waals surface area (Å²) < 4.78 is 79.1. The van der Waals surface area contributed by atoms with Gasteiger partial charge in [-0.1, -0.05) is 0 Å². The third-order valence-electron chi connectivity index (χ3n) is 6.28. The number of benzene rings is 3. The first kappa shape index (κ1) is 26.7. The highest BCUT2D eigenvalue weighted by atomic mass is 32.2. The zero-order valence-electron chi connectivity index (χ0n) is 20.7. The first-order chi connectivity index (χ1) is 17.6. The first-order valence-electron chi connectivity index (χ1n) is 11.4. The number of rotatable bonds is 8. The zero-order chi connectivity index (χ0) is 26.8. The van der Waals surface area contributed by atoms with Gasteiger partial charge >= 0.3 is 0 Å². The molecule has 1 fully saturated rings. The Kier molecular flexibility index (Phi) is 7.62. The van der Waals surface area contributed by atoms with Gasteiger partial charge in [0.2, 0.25) is 10.0 Å². The SMILES string of the molecule is COc1ccc(N(C)S(=O)(=O)c2ccc(OC)c(N3CCN(S(=O)(=O)c4ccc(F)cc4)CC3)c2)cc1. The van der Waals surface area contributed by atoms with E-state index >= 15 is 0 Å². The van der Waals surface area contributed by atoms with E-state index in [2.05, 4.69) is 0 Å². The Bertz CT molecular complexity index is 1460. The number of sulfonamides is 2. The largest absolute Gasteiger partial charge is 0.497 e. The van der Waals surface area contributed by atoms with Crippen molar-refractivity contribution in [3.63, 3.8) is 0 Å². The van der Waals surface area contributed by atoms with Gasteiger partial charge in [-0.3, -0.25) is 4.31 Å². The van der Waals surface area contributed by atoms with Crippen LogP contribution in [0.25, 0.3) is 0 Å². The van der Waals surface area contributed by atoms with E-state index in [9.17, 15) is 21.2 Å². The van der Waals surface area contributed by atoms with E-state index in [1.165, 1.54) is 48.1 Å². The number of methoxy groups -OCH3 is 2. The van der Waals surface area contributed by atoms with E-state index in [0.29, 0.717) is 36.0 Å². The van der Waals surface area contributed by atoms with Gasteiger partial charge in [0, 0.05) is 33.2 Å². The summed E-state index contributed by atoms with van der Waals surface area (Å²) in [6.45, 7) is 0.973. The fourth-order valence-corrected chi connectivity index (χ4v) is 6.73. The molecule has 1 saturated heterocycles. The molecule has 12 heteroatoms. The molecule has 0 unspecified atom stereocenters. The number of ether oxygens (including phenoxy) is 2. The molecule has 1 heterocycles. The number of hydrogen-bond acceptors (Lipinski definition) is 7. The summed E-state index contributed by atoms with van der Waals surface area (Å²) in [6, 6.07) is 16.0. The van der Waals surface area contributed by atoms with Gasteiger partial charge in [0.25, 0.3) is 10.0 Å². The van der Waals surface area contributed by atoms with Crippen molar-refractivity contribution in [1.29, 1.82) is 0 Å². The van der Waals surface area contributed by atoms with Crippen LogP contribution >= 0.6 is 0 Å². The third kappa shape index (κ3) is 5.36. The highest BCUT2D eigenvalue weighted by Gasteiger charge is 2.30. The lowest BCUT2D eigenvalue weighted by molar-refractivity contribution is 0.378. The van der Waals surface area contributed by atoms with Crippen LogP contribution in [-0.4, -0.2) is 68.6 Å². The molecule has 0 bridgehead atoms. The van der Waals surface area contributed by atoms with E-state index in [1.807, 2.05) is 4.90 Å². The van der Waals surface area contributed by atoms with E-state index in [1.54, 1.807) is 36.4 Å². The molecule has 0 atom stereocenters. The molecule has 4 rings (SSSR count). The van der Waals surface area contributed by atoms with E-state index in [-0.39, 0.29) is 22.9 Å². The molecule has 0 amide bonds. The van der Waals surface area contributed by atoms with Crippen LogP contribution in [0.2, 0.25) is 0 Å². The number of halogens is 1. The van der Waals surface area contributed by atoms with Crippen molar-refractivity contribution in [1.82, 2.24) is 4.31 Å². The van der Waals surface area contributed by atoms with Crippen LogP contribution in [0.1, 0.15) is 0 Å². The van der Waals surface area contributed by atoms with E-state index in [4.69, 9.17) is 9.47 Å². The van der Waals surface area contributed by atoms with Crippen LogP contribution in [0, 0.1) is 5.82 Å². The monoisotopic (exact) mass is 549 g/mol. The number of hydrogen-bond donors (Lipinski definition) is 0. The van der Waals surface area contributed by atoms with Crippen LogP contribution in [0.3, 0.4) is 0 Å². The Hall–Kier alpha value is -3.35. The van der Waals surface area contributed by atoms with Crippen LogP contribution < -0.4 is 18.7 Å². The lowest BCUT2D eigenvalue weighted by atomic mass is 10.2. The van der Waals surface area contributed by atoms with Crippen LogP contribution in [0.15, 0.2) is 76.5 Å². The van der Waals surface area contributed by atoms with Crippen molar-refractivity contribution in [2.45, 2.75) is 9.79 Å². The van der Waals surface area contributed by atoms with Crippen molar-refractivity contribution in [3.8, 4) is 11.5 Å². The van der Waals surface area contributed by atoms with Gasteiger partial charge in [0.15, 0.2) is 0 Å². The minimum absolute atomic E-state index is 0.0228. The Labute approximate surface area is 216 Å². The zero-order valence-corrected chi connectivity index (χ0v) is 22.3. The molecule has 0 aromatic heterocycles. The minimum atomic E-state index is -3.90. The van der Waals surface area contributed by atoms with Crippen LogP contribution in [-0.2, 0) is 20.0 Å². The molecule has 1 aliphatic heterocycles. The van der Waals surface area contributed by atoms with Crippen molar-refractivity contribution in [3.05, 3.63) is 72.5 Å². The summed E-state index contributed by atoms with van der Waals surface area (Å²) in [5.41, 5.74) is 1.02. The van der Waals surface area contributed by atoms with Crippen LogP contribution in [0.4, 0.5) is 15.8 Å². The van der Waals surface area contributed by atoms with Gasteiger partial charge < -0.3 is 14.4 Å². The second-order valence-corrected chi connectivity index (χ2v) is 12.3. The lowest BCUT2D eigenvalue weighted by Gasteiger charge is -2.36. The van der Waals surface area contributed by atoms with E-state index < -0.39 is 25.9 Å². The van der Waals surface area contributed by atoms with Crippen molar-refractivity contribution in [2.75, 3.05) is 56.7 Å². The second-order valence-electron chi connectivity index (χ2n) is 8.35. The average Bonchev–Trinajstić information content (AvgIpc) is 2.92. The summed E-state index contributed by atoms with van der Waals surface area (Å²) in [6.07, 6.45) is 0. The summed E-state index contributed by atoms with van der Waals surface area (Å²) in [7, 11) is -3.18. The summed E-state index contributed by atoms with van der Waals surface area (Å²) in [4.78, 5) is 1.99. The van der Waals surface area contributed by atoms with Crippen molar-refractivity contribution in [2.24, 2.45) is 0 Å². The molecule has 1 aliphatic rings. The normalized spacial score (nSPS) is 14.9. The predicted molar refractivity (Wildman–Crippen MR) is 139 cm³/mol. The highest BCUT2D eigenvalue weighted by Crippen LogP contribution is 2.34. The number of nitrogens with zero attached hydrogens (tertiary/aromatic N) is 3. The average molecular weight is 550 g/mol. The maximum absolute atomic E-state index is 13.4. The maximum atomic E-state index is 13.4. The fourth-order valence-electron chi connectivity index (χ4n) is 4.09. The van der Waals surface area contributed by atoms with Gasteiger partial charge in [-0.25, -0.2) is 21.2 Å². The number of anilines is 2. The lowest BCUT2D eigenvalue weighted by Crippen LogP contribution is -2.48. The highest BCUT2D eigenvalue weighted by molar-refractivity contribution is 7.92. The van der Waals surface area contributed by atoms with E-state index in [0.717, 1.165) is 12.1 Å². The second kappa shape index (κ2) is 10.6. The topological polar surface area (TPSA) is 96.5 Å². The maximum Gasteiger partial charge on any atom is 0.264 e. The molecule has 37 heavy (non-hydrogen) atoms. The molecule has 198 valence electrons. The summed E-state index contributed by atoms with van der Waals surface area (Å²) >= 11 is 0. The molecule has 3 aromatic carbocycles. The van der Waals surface area contributed by atoms with Gasteiger partial charge in [0.1, 0.15) is 17.3 Å². The molecule has 0 aliphatic carbocycles. The Morgan fingerprint density at radius 1 is 0.784 bits per heavy atom. The summed E-state index contributed by atoms with van der Waals surface area (Å²) in [5, 5.41) is 0. The van der Waals surface area contributed by atoms with Crippen molar-refractivity contribution < 1.29 is 30.7 Å². The first-order valence-corrected chi connectivity index (χ1v) is 14.3. The minimum Gasteiger partial charge on any atom is -0.497 e. The van der Waals surface area contributed by atoms with Gasteiger partial charge in [-0.05, 0) is 66.7 Å². The molecule has 0 N–H and O–H groups in total. The number of piperazine rings is 1. The molecule has 0 spiro atoms. The molecular weight excluding hydrogens is 521 g/mol. The van der Waals surface area contributed by atoms with Gasteiger partial charge in [-0.2, -0.15) is 4.31 Å². The standard InChI is InChI=1S/C25H28FN3O6S2/c1-27(20-6-8-21(34-2)9-7-20)36(30,31)23-12-13-25(35-3)24(18-23)28-14-16-29(17-15-28)37(32,33)22-10-4-19(26)5-11-22/h4-13,18H,14-17H2,1-3H3. The molecule has 9 nitrogen and oxygen atoms in total. The van der Waals surface area contributed by atoms with Crippen molar-refractivity contribution >= 4 is 31.4 Å². The molecule has 0 radical (unpaired) electrons. The molecule has 3 aromatic rings. The Morgan fingerprint density at radius 2 is 1.38 bits per heavy atom. The summed E-state index contributed by atoms with van der Waals surface area (Å²) in [5.74, 6) is 0.575. The Morgan fingerprint density at radius 3 is 1.95 bits per heavy atom. The van der Waals surface area contributed by atoms with Gasteiger partial charge in [0.05, 0.1) is 35.4 Å². The fraction of sp³-hybridized carbons (Fsp3) is 0.280. The Balaban J connectivity index is 1.56. The molecular formula is C25H28FN3O6S2. The smallest absolute Gasteiger partial charge is 0.264 e. The quantitative estimate of drug-likeness (QED) is 0.426. The van der Waals surface area contributed by atoms with Gasteiger partial charge in [-0.15, -0.1) is 0 Å². The predicted octanol–water partition coefficient (Wildman–Crippen LogP) is 3.18. The molecule has 0 saturated carbocycles. The third-order valence-corrected chi connectivity index (χ3v) is 9.97. The van der Waals surface area contributed by atoms with Crippen LogP contribution in [0.5, 0.6) is 11.5 Å².